The number of rotatable bonds is 5. The summed E-state index contributed by atoms with van der Waals surface area (Å²) in [5.74, 6) is -0.364. The summed E-state index contributed by atoms with van der Waals surface area (Å²) in [5.41, 5.74) is 5.15. The molecule has 8 heteroatoms. The standard InChI is InChI=1S/C28H28IN5O2/c1-18-6-4-7-21(14-18)31-26(35)24-22-16-33(27(36)23-8-5-13-30-23)17-28(2,3)25(22)34(32-24)15-19-9-11-20(29)12-10-19/h4-14,30H,15-17H2,1-3H3,(H,31,35). The fourth-order valence-corrected chi connectivity index (χ4v) is 5.32. The Labute approximate surface area is 224 Å². The van der Waals surface area contributed by atoms with Crippen LogP contribution in [-0.4, -0.2) is 38.0 Å². The van der Waals surface area contributed by atoms with Crippen LogP contribution in [0, 0.1) is 10.5 Å². The molecule has 0 saturated carbocycles. The number of halogens is 1. The van der Waals surface area contributed by atoms with Crippen molar-refractivity contribution in [2.45, 2.75) is 39.3 Å². The molecule has 4 aromatic rings. The van der Waals surface area contributed by atoms with Gasteiger partial charge in [0, 0.05) is 33.0 Å². The van der Waals surface area contributed by atoms with E-state index >= 15 is 0 Å². The van der Waals surface area contributed by atoms with E-state index in [0.29, 0.717) is 31.0 Å². The Hall–Kier alpha value is -3.40. The maximum absolute atomic E-state index is 13.5. The van der Waals surface area contributed by atoms with E-state index in [-0.39, 0.29) is 11.8 Å². The van der Waals surface area contributed by atoms with Crippen LogP contribution in [0.15, 0.2) is 66.9 Å². The Balaban J connectivity index is 1.56. The molecule has 7 nitrogen and oxygen atoms in total. The number of aromatic amines is 1. The van der Waals surface area contributed by atoms with Crippen LogP contribution in [0.5, 0.6) is 0 Å². The van der Waals surface area contributed by atoms with Crippen molar-refractivity contribution in [1.82, 2.24) is 19.7 Å². The van der Waals surface area contributed by atoms with Crippen LogP contribution in [0.25, 0.3) is 0 Å². The summed E-state index contributed by atoms with van der Waals surface area (Å²) in [6, 6.07) is 19.6. The highest BCUT2D eigenvalue weighted by Crippen LogP contribution is 2.36. The van der Waals surface area contributed by atoms with Gasteiger partial charge in [-0.15, -0.1) is 0 Å². The average molecular weight is 593 g/mol. The second-order valence-corrected chi connectivity index (χ2v) is 11.2. The predicted molar refractivity (Wildman–Crippen MR) is 148 cm³/mol. The van der Waals surface area contributed by atoms with Gasteiger partial charge in [-0.3, -0.25) is 14.3 Å². The van der Waals surface area contributed by atoms with Crippen molar-refractivity contribution in [2.24, 2.45) is 0 Å². The lowest BCUT2D eigenvalue weighted by atomic mass is 9.82. The number of anilines is 1. The molecule has 2 aromatic heterocycles. The topological polar surface area (TPSA) is 83.0 Å². The number of carbonyl (C=O) groups is 2. The first-order chi connectivity index (χ1) is 17.2. The number of H-pyrrole nitrogens is 1. The number of nitrogens with zero attached hydrogens (tertiary/aromatic N) is 3. The molecule has 2 amide bonds. The summed E-state index contributed by atoms with van der Waals surface area (Å²) in [6.45, 7) is 7.59. The summed E-state index contributed by atoms with van der Waals surface area (Å²) < 4.78 is 3.11. The minimum absolute atomic E-state index is 0.0887. The van der Waals surface area contributed by atoms with Crippen LogP contribution >= 0.6 is 22.6 Å². The van der Waals surface area contributed by atoms with E-state index < -0.39 is 5.41 Å². The van der Waals surface area contributed by atoms with Gasteiger partial charge < -0.3 is 15.2 Å². The molecule has 0 unspecified atom stereocenters. The molecule has 0 spiro atoms. The molecule has 36 heavy (non-hydrogen) atoms. The van der Waals surface area contributed by atoms with Gasteiger partial charge in [0.1, 0.15) is 5.69 Å². The van der Waals surface area contributed by atoms with E-state index in [0.717, 1.165) is 31.6 Å². The molecular weight excluding hydrogens is 565 g/mol. The monoisotopic (exact) mass is 593 g/mol. The van der Waals surface area contributed by atoms with Gasteiger partial charge in [0.15, 0.2) is 5.69 Å². The number of benzene rings is 2. The maximum atomic E-state index is 13.5. The van der Waals surface area contributed by atoms with E-state index in [1.54, 1.807) is 17.2 Å². The zero-order chi connectivity index (χ0) is 25.4. The van der Waals surface area contributed by atoms with E-state index in [4.69, 9.17) is 5.10 Å². The van der Waals surface area contributed by atoms with Crippen molar-refractivity contribution in [3.8, 4) is 0 Å². The molecule has 1 aliphatic heterocycles. The fourth-order valence-electron chi connectivity index (χ4n) is 4.96. The minimum Gasteiger partial charge on any atom is -0.357 e. The third kappa shape index (κ3) is 4.82. The molecule has 2 N–H and O–H groups in total. The van der Waals surface area contributed by atoms with Crippen LogP contribution in [0.3, 0.4) is 0 Å². The van der Waals surface area contributed by atoms with E-state index in [1.165, 1.54) is 0 Å². The molecule has 3 heterocycles. The summed E-state index contributed by atoms with van der Waals surface area (Å²) in [7, 11) is 0. The number of hydrogen-bond donors (Lipinski definition) is 2. The first-order valence-electron chi connectivity index (χ1n) is 11.9. The average Bonchev–Trinajstić information content (AvgIpc) is 3.49. The molecule has 0 saturated heterocycles. The lowest BCUT2D eigenvalue weighted by molar-refractivity contribution is 0.0674. The molecule has 0 atom stereocenters. The maximum Gasteiger partial charge on any atom is 0.276 e. The molecular formula is C28H28IN5O2. The highest BCUT2D eigenvalue weighted by atomic mass is 127. The lowest BCUT2D eigenvalue weighted by Crippen LogP contribution is -2.46. The van der Waals surface area contributed by atoms with E-state index in [9.17, 15) is 9.59 Å². The Kier molecular flexibility index (Phi) is 6.46. The zero-order valence-corrected chi connectivity index (χ0v) is 22.7. The normalized spacial score (nSPS) is 14.4. The SMILES string of the molecule is Cc1cccc(NC(=O)c2nn(Cc3ccc(I)cc3)c3c2CN(C(=O)c2ccc[nH]2)CC3(C)C)c1. The van der Waals surface area contributed by atoms with Crippen molar-refractivity contribution in [3.63, 3.8) is 0 Å². The van der Waals surface area contributed by atoms with Crippen LogP contribution in [-0.2, 0) is 18.5 Å². The number of hydrogen-bond acceptors (Lipinski definition) is 3. The Bertz CT molecular complexity index is 1420. The largest absolute Gasteiger partial charge is 0.357 e. The Morgan fingerprint density at radius 3 is 2.58 bits per heavy atom. The Morgan fingerprint density at radius 1 is 1.11 bits per heavy atom. The molecule has 2 aromatic carbocycles. The van der Waals surface area contributed by atoms with Gasteiger partial charge in [-0.1, -0.05) is 38.1 Å². The van der Waals surface area contributed by atoms with Gasteiger partial charge in [-0.2, -0.15) is 5.10 Å². The second kappa shape index (κ2) is 9.57. The first-order valence-corrected chi connectivity index (χ1v) is 12.9. The molecule has 0 bridgehead atoms. The smallest absolute Gasteiger partial charge is 0.276 e. The number of carbonyl (C=O) groups excluding carboxylic acids is 2. The fraction of sp³-hybridized carbons (Fsp3) is 0.250. The van der Waals surface area contributed by atoms with Gasteiger partial charge in [0.05, 0.1) is 18.8 Å². The summed E-state index contributed by atoms with van der Waals surface area (Å²) >= 11 is 2.29. The predicted octanol–water partition coefficient (Wildman–Crippen LogP) is 5.36. The third-order valence-corrected chi connectivity index (χ3v) is 7.20. The van der Waals surface area contributed by atoms with Crippen LogP contribution in [0.4, 0.5) is 5.69 Å². The molecule has 1 aliphatic rings. The molecule has 0 fully saturated rings. The quantitative estimate of drug-likeness (QED) is 0.306. The van der Waals surface area contributed by atoms with E-state index in [1.807, 2.05) is 41.9 Å². The van der Waals surface area contributed by atoms with Crippen LogP contribution in [0.1, 0.15) is 57.2 Å². The number of aryl methyl sites for hydroxylation is 1. The number of aromatic nitrogens is 3. The zero-order valence-electron chi connectivity index (χ0n) is 20.5. The van der Waals surface area contributed by atoms with Crippen molar-refractivity contribution in [2.75, 3.05) is 11.9 Å². The first kappa shape index (κ1) is 24.3. The third-order valence-electron chi connectivity index (χ3n) is 6.48. The van der Waals surface area contributed by atoms with Crippen molar-refractivity contribution >= 4 is 40.1 Å². The van der Waals surface area contributed by atoms with Crippen LogP contribution in [0.2, 0.25) is 0 Å². The van der Waals surface area contributed by atoms with Crippen LogP contribution < -0.4 is 5.32 Å². The highest BCUT2D eigenvalue weighted by Gasteiger charge is 2.41. The van der Waals surface area contributed by atoms with Gasteiger partial charge in [0.2, 0.25) is 0 Å². The summed E-state index contributed by atoms with van der Waals surface area (Å²) in [4.78, 5) is 31.6. The lowest BCUT2D eigenvalue weighted by Gasteiger charge is -2.38. The van der Waals surface area contributed by atoms with Crippen molar-refractivity contribution in [3.05, 3.63) is 104 Å². The number of nitrogens with one attached hydrogen (secondary N) is 2. The van der Waals surface area contributed by atoms with Crippen molar-refractivity contribution in [1.29, 1.82) is 0 Å². The van der Waals surface area contributed by atoms with Gasteiger partial charge in [-0.25, -0.2) is 0 Å². The number of fused-ring (bicyclic) bond motifs is 1. The van der Waals surface area contributed by atoms with Gasteiger partial charge in [0.25, 0.3) is 11.8 Å². The Morgan fingerprint density at radius 2 is 1.89 bits per heavy atom. The molecule has 0 aliphatic carbocycles. The van der Waals surface area contributed by atoms with E-state index in [2.05, 4.69) is 71.0 Å². The minimum atomic E-state index is -0.409. The molecule has 5 rings (SSSR count). The van der Waals surface area contributed by atoms with Gasteiger partial charge in [-0.05, 0) is 77.0 Å². The highest BCUT2D eigenvalue weighted by molar-refractivity contribution is 14.1. The van der Waals surface area contributed by atoms with Gasteiger partial charge >= 0.3 is 0 Å². The summed E-state index contributed by atoms with van der Waals surface area (Å²) in [6.07, 6.45) is 1.74. The molecule has 0 radical (unpaired) electrons. The molecule has 184 valence electrons. The summed E-state index contributed by atoms with van der Waals surface area (Å²) in [5, 5.41) is 7.84. The number of amides is 2. The van der Waals surface area contributed by atoms with Crippen molar-refractivity contribution < 1.29 is 9.59 Å². The second-order valence-electron chi connectivity index (χ2n) is 9.91.